The SMILES string of the molecule is CCOC(=O)c1ncsc1Nc1c(F)cc(F)cc1Cl. The van der Waals surface area contributed by atoms with E-state index in [0.29, 0.717) is 6.07 Å². The summed E-state index contributed by atoms with van der Waals surface area (Å²) in [7, 11) is 0. The lowest BCUT2D eigenvalue weighted by molar-refractivity contribution is 0.0521. The Labute approximate surface area is 122 Å². The van der Waals surface area contributed by atoms with Gasteiger partial charge in [0.1, 0.15) is 10.8 Å². The van der Waals surface area contributed by atoms with Gasteiger partial charge < -0.3 is 10.1 Å². The number of carbonyl (C=O) groups is 1. The Morgan fingerprint density at radius 1 is 1.50 bits per heavy atom. The van der Waals surface area contributed by atoms with Gasteiger partial charge in [-0.25, -0.2) is 18.6 Å². The highest BCUT2D eigenvalue weighted by molar-refractivity contribution is 7.14. The molecule has 0 atom stereocenters. The van der Waals surface area contributed by atoms with Crippen LogP contribution >= 0.6 is 22.9 Å². The van der Waals surface area contributed by atoms with Crippen LogP contribution in [0.3, 0.4) is 0 Å². The van der Waals surface area contributed by atoms with Crippen LogP contribution < -0.4 is 5.32 Å². The van der Waals surface area contributed by atoms with Crippen molar-refractivity contribution in [3.05, 3.63) is 40.0 Å². The van der Waals surface area contributed by atoms with Gasteiger partial charge in [0.2, 0.25) is 0 Å². The van der Waals surface area contributed by atoms with Crippen molar-refractivity contribution in [1.29, 1.82) is 0 Å². The van der Waals surface area contributed by atoms with Gasteiger partial charge in [-0.15, -0.1) is 11.3 Å². The molecule has 1 aromatic carbocycles. The largest absolute Gasteiger partial charge is 0.461 e. The van der Waals surface area contributed by atoms with E-state index in [1.807, 2.05) is 0 Å². The molecule has 2 rings (SSSR count). The van der Waals surface area contributed by atoms with Gasteiger partial charge in [-0.1, -0.05) is 11.6 Å². The maximum atomic E-state index is 13.7. The molecule has 0 saturated carbocycles. The summed E-state index contributed by atoms with van der Waals surface area (Å²) in [6.07, 6.45) is 0. The van der Waals surface area contributed by atoms with E-state index in [9.17, 15) is 13.6 Å². The fourth-order valence-corrected chi connectivity index (χ4v) is 2.37. The van der Waals surface area contributed by atoms with Crippen LogP contribution in [0.2, 0.25) is 5.02 Å². The zero-order chi connectivity index (χ0) is 14.7. The number of benzene rings is 1. The van der Waals surface area contributed by atoms with Crippen molar-refractivity contribution in [2.24, 2.45) is 0 Å². The fraction of sp³-hybridized carbons (Fsp3) is 0.167. The van der Waals surface area contributed by atoms with Crippen molar-refractivity contribution >= 4 is 39.6 Å². The van der Waals surface area contributed by atoms with Crippen LogP contribution in [0.4, 0.5) is 19.5 Å². The van der Waals surface area contributed by atoms with E-state index in [1.54, 1.807) is 6.92 Å². The standard InChI is InChI=1S/C12H9ClF2N2O2S/c1-2-19-12(18)10-11(20-5-16-10)17-9-7(13)3-6(14)4-8(9)15/h3-5,17H,2H2,1H3. The zero-order valence-corrected chi connectivity index (χ0v) is 11.8. The monoisotopic (exact) mass is 318 g/mol. The number of hydrogen-bond acceptors (Lipinski definition) is 5. The summed E-state index contributed by atoms with van der Waals surface area (Å²) >= 11 is 6.85. The summed E-state index contributed by atoms with van der Waals surface area (Å²) in [4.78, 5) is 15.5. The van der Waals surface area contributed by atoms with Gasteiger partial charge in [0.05, 0.1) is 22.8 Å². The first-order chi connectivity index (χ1) is 9.52. The van der Waals surface area contributed by atoms with E-state index in [-0.39, 0.29) is 28.0 Å². The van der Waals surface area contributed by atoms with Crippen LogP contribution in [0.5, 0.6) is 0 Å². The Balaban J connectivity index is 2.32. The molecule has 8 heteroatoms. The second-order valence-electron chi connectivity index (χ2n) is 3.62. The summed E-state index contributed by atoms with van der Waals surface area (Å²) in [5.41, 5.74) is 1.31. The lowest BCUT2D eigenvalue weighted by Gasteiger charge is -2.09. The Kier molecular flexibility index (Phi) is 4.51. The summed E-state index contributed by atoms with van der Waals surface area (Å²) in [5, 5.41) is 2.78. The van der Waals surface area contributed by atoms with E-state index in [2.05, 4.69) is 10.3 Å². The predicted octanol–water partition coefficient (Wildman–Crippen LogP) is 4.00. The first-order valence-corrected chi connectivity index (χ1v) is 6.80. The Hall–Kier alpha value is -1.73. The van der Waals surface area contributed by atoms with Crippen LogP contribution in [-0.4, -0.2) is 17.6 Å². The molecule has 0 spiro atoms. The molecule has 20 heavy (non-hydrogen) atoms. The van der Waals surface area contributed by atoms with Gasteiger partial charge in [0, 0.05) is 6.07 Å². The van der Waals surface area contributed by atoms with Gasteiger partial charge in [-0.2, -0.15) is 0 Å². The minimum Gasteiger partial charge on any atom is -0.461 e. The molecule has 2 aromatic rings. The molecule has 0 aliphatic heterocycles. The summed E-state index contributed by atoms with van der Waals surface area (Å²) in [6, 6.07) is 1.66. The number of carbonyl (C=O) groups excluding carboxylic acids is 1. The molecule has 1 heterocycles. The molecule has 0 aliphatic rings. The molecular weight excluding hydrogens is 310 g/mol. The third kappa shape index (κ3) is 3.05. The molecule has 0 aliphatic carbocycles. The number of nitrogens with zero attached hydrogens (tertiary/aromatic N) is 1. The summed E-state index contributed by atoms with van der Waals surface area (Å²) < 4.78 is 31.4. The van der Waals surface area contributed by atoms with Crippen LogP contribution in [0.15, 0.2) is 17.6 Å². The number of nitrogens with one attached hydrogen (secondary N) is 1. The van der Waals surface area contributed by atoms with Gasteiger partial charge >= 0.3 is 5.97 Å². The number of rotatable bonds is 4. The van der Waals surface area contributed by atoms with Crippen molar-refractivity contribution in [3.63, 3.8) is 0 Å². The molecule has 0 radical (unpaired) electrons. The van der Waals surface area contributed by atoms with Crippen LogP contribution in [0.1, 0.15) is 17.4 Å². The molecular formula is C12H9ClF2N2O2S. The lowest BCUT2D eigenvalue weighted by atomic mass is 10.3. The highest BCUT2D eigenvalue weighted by Crippen LogP contribution is 2.32. The quantitative estimate of drug-likeness (QED) is 0.866. The van der Waals surface area contributed by atoms with Crippen molar-refractivity contribution in [2.45, 2.75) is 6.92 Å². The number of aromatic nitrogens is 1. The summed E-state index contributed by atoms with van der Waals surface area (Å²) in [6.45, 7) is 1.86. The number of ether oxygens (including phenoxy) is 1. The van der Waals surface area contributed by atoms with E-state index in [0.717, 1.165) is 17.4 Å². The lowest BCUT2D eigenvalue weighted by Crippen LogP contribution is -2.08. The van der Waals surface area contributed by atoms with Crippen molar-refractivity contribution in [2.75, 3.05) is 11.9 Å². The van der Waals surface area contributed by atoms with Gasteiger partial charge in [-0.3, -0.25) is 0 Å². The third-order valence-electron chi connectivity index (χ3n) is 2.28. The molecule has 4 nitrogen and oxygen atoms in total. The third-order valence-corrected chi connectivity index (χ3v) is 3.32. The van der Waals surface area contributed by atoms with Crippen LogP contribution in [0, 0.1) is 11.6 Å². The van der Waals surface area contributed by atoms with Crippen molar-refractivity contribution in [1.82, 2.24) is 4.98 Å². The Morgan fingerprint density at radius 3 is 2.90 bits per heavy atom. The summed E-state index contributed by atoms with van der Waals surface area (Å²) in [5.74, 6) is -2.28. The molecule has 1 N–H and O–H groups in total. The topological polar surface area (TPSA) is 51.2 Å². The number of thiazole rings is 1. The maximum absolute atomic E-state index is 13.7. The molecule has 1 aromatic heterocycles. The molecule has 0 bridgehead atoms. The first-order valence-electron chi connectivity index (χ1n) is 5.55. The number of halogens is 3. The minimum atomic E-state index is -0.863. The van der Waals surface area contributed by atoms with Crippen LogP contribution in [0.25, 0.3) is 0 Å². The van der Waals surface area contributed by atoms with E-state index < -0.39 is 17.6 Å². The Bertz CT molecular complexity index is 625. The van der Waals surface area contributed by atoms with Gasteiger partial charge in [-0.05, 0) is 13.0 Å². The molecule has 0 unspecified atom stereocenters. The molecule has 0 amide bonds. The normalized spacial score (nSPS) is 10.4. The molecule has 0 saturated heterocycles. The average Bonchev–Trinajstić information content (AvgIpc) is 2.82. The molecule has 106 valence electrons. The highest BCUT2D eigenvalue weighted by Gasteiger charge is 2.19. The van der Waals surface area contributed by atoms with Gasteiger partial charge in [0.15, 0.2) is 11.5 Å². The smallest absolute Gasteiger partial charge is 0.360 e. The fourth-order valence-electron chi connectivity index (χ4n) is 1.45. The van der Waals surface area contributed by atoms with E-state index in [4.69, 9.17) is 16.3 Å². The number of esters is 1. The van der Waals surface area contributed by atoms with Gasteiger partial charge in [0.25, 0.3) is 0 Å². The van der Waals surface area contributed by atoms with Crippen LogP contribution in [-0.2, 0) is 4.74 Å². The van der Waals surface area contributed by atoms with Crippen molar-refractivity contribution in [3.8, 4) is 0 Å². The van der Waals surface area contributed by atoms with E-state index in [1.165, 1.54) is 5.51 Å². The average molecular weight is 319 g/mol. The second kappa shape index (κ2) is 6.15. The van der Waals surface area contributed by atoms with E-state index >= 15 is 0 Å². The first kappa shape index (κ1) is 14.7. The number of anilines is 2. The minimum absolute atomic E-state index is 0.0247. The number of hydrogen-bond donors (Lipinski definition) is 1. The zero-order valence-electron chi connectivity index (χ0n) is 10.2. The second-order valence-corrected chi connectivity index (χ2v) is 4.88. The highest BCUT2D eigenvalue weighted by atomic mass is 35.5. The molecule has 0 fully saturated rings. The van der Waals surface area contributed by atoms with Crippen molar-refractivity contribution < 1.29 is 18.3 Å². The Morgan fingerprint density at radius 2 is 2.25 bits per heavy atom. The predicted molar refractivity (Wildman–Crippen MR) is 72.7 cm³/mol. The maximum Gasteiger partial charge on any atom is 0.360 e.